The monoisotopic (exact) mass is 434 g/mol. The van der Waals surface area contributed by atoms with Gasteiger partial charge in [0.15, 0.2) is 0 Å². The molecule has 11 heteroatoms. The fourth-order valence-corrected chi connectivity index (χ4v) is 3.77. The third-order valence-electron chi connectivity index (χ3n) is 5.42. The summed E-state index contributed by atoms with van der Waals surface area (Å²) in [5.74, 6) is -1.54. The maximum Gasteiger partial charge on any atom is 0.416 e. The van der Waals surface area contributed by atoms with Crippen LogP contribution in [0.4, 0.5) is 30.2 Å². The number of alkyl halides is 3. The number of non-ortho nitro benzene ring substituents is 1. The number of nitro groups is 1. The molecule has 2 aromatic rings. The van der Waals surface area contributed by atoms with E-state index >= 15 is 0 Å². The lowest BCUT2D eigenvalue weighted by Gasteiger charge is -2.37. The molecule has 2 aromatic carbocycles. The zero-order valence-corrected chi connectivity index (χ0v) is 16.1. The first kappa shape index (κ1) is 20.8. The van der Waals surface area contributed by atoms with Crippen LogP contribution in [0.25, 0.3) is 0 Å². The Kier molecular flexibility index (Phi) is 5.13. The van der Waals surface area contributed by atoms with E-state index in [4.69, 9.17) is 0 Å². The molecule has 2 heterocycles. The lowest BCUT2D eigenvalue weighted by atomic mass is 10.1. The Morgan fingerprint density at radius 1 is 1.00 bits per heavy atom. The van der Waals surface area contributed by atoms with Crippen molar-refractivity contribution in [1.82, 2.24) is 4.90 Å². The highest BCUT2D eigenvalue weighted by Gasteiger charge is 2.38. The molecule has 1 saturated heterocycles. The summed E-state index contributed by atoms with van der Waals surface area (Å²) >= 11 is 0. The Morgan fingerprint density at radius 3 is 2.35 bits per heavy atom. The molecule has 0 aliphatic carbocycles. The minimum Gasteiger partial charge on any atom is -0.369 e. The third-order valence-corrected chi connectivity index (χ3v) is 5.42. The molecule has 2 aliphatic heterocycles. The van der Waals surface area contributed by atoms with Crippen LogP contribution in [0.5, 0.6) is 0 Å². The second-order valence-electron chi connectivity index (χ2n) is 7.32. The number of Topliss-reactive ketones (excluding diaryl/α,β-unsaturated/α-hetero) is 1. The number of benzene rings is 2. The second kappa shape index (κ2) is 7.65. The maximum absolute atomic E-state index is 13.0. The fourth-order valence-electron chi connectivity index (χ4n) is 3.77. The van der Waals surface area contributed by atoms with Crippen molar-refractivity contribution in [2.75, 3.05) is 42.6 Å². The lowest BCUT2D eigenvalue weighted by molar-refractivity contribution is -0.384. The molecule has 4 rings (SSSR count). The Labute approximate surface area is 174 Å². The molecule has 162 valence electrons. The van der Waals surface area contributed by atoms with Gasteiger partial charge in [0.2, 0.25) is 0 Å². The van der Waals surface area contributed by atoms with E-state index in [2.05, 4.69) is 0 Å². The van der Waals surface area contributed by atoms with Crippen molar-refractivity contribution in [2.24, 2.45) is 0 Å². The zero-order valence-electron chi connectivity index (χ0n) is 16.1. The van der Waals surface area contributed by atoms with E-state index in [-0.39, 0.29) is 17.9 Å². The van der Waals surface area contributed by atoms with Crippen molar-refractivity contribution < 1.29 is 27.7 Å². The van der Waals surface area contributed by atoms with Crippen molar-refractivity contribution in [1.29, 1.82) is 0 Å². The number of carbonyl (C=O) groups is 2. The summed E-state index contributed by atoms with van der Waals surface area (Å²) in [5, 5.41) is 10.9. The van der Waals surface area contributed by atoms with E-state index in [0.29, 0.717) is 37.6 Å². The first-order valence-electron chi connectivity index (χ1n) is 9.44. The number of halogens is 3. The first-order valence-corrected chi connectivity index (χ1v) is 9.44. The molecule has 1 amide bonds. The van der Waals surface area contributed by atoms with Crippen LogP contribution in [-0.2, 0) is 11.0 Å². The van der Waals surface area contributed by atoms with Gasteiger partial charge in [0.05, 0.1) is 28.4 Å². The molecule has 0 radical (unpaired) electrons. The number of ketones is 1. The summed E-state index contributed by atoms with van der Waals surface area (Å²) < 4.78 is 38.9. The van der Waals surface area contributed by atoms with Gasteiger partial charge in [0, 0.05) is 44.0 Å². The largest absolute Gasteiger partial charge is 0.416 e. The van der Waals surface area contributed by atoms with Crippen LogP contribution >= 0.6 is 0 Å². The number of nitrogens with zero attached hydrogens (tertiary/aromatic N) is 4. The summed E-state index contributed by atoms with van der Waals surface area (Å²) in [7, 11) is 0. The van der Waals surface area contributed by atoms with Crippen LogP contribution < -0.4 is 9.80 Å². The highest BCUT2D eigenvalue weighted by molar-refractivity contribution is 6.52. The normalized spacial score (nSPS) is 17.3. The van der Waals surface area contributed by atoms with Gasteiger partial charge >= 0.3 is 12.1 Å². The lowest BCUT2D eigenvalue weighted by Crippen LogP contribution is -2.51. The average molecular weight is 434 g/mol. The summed E-state index contributed by atoms with van der Waals surface area (Å²) in [6, 6.07) is 8.85. The van der Waals surface area contributed by atoms with Gasteiger partial charge in [-0.2, -0.15) is 13.2 Å². The second-order valence-corrected chi connectivity index (χ2v) is 7.32. The van der Waals surface area contributed by atoms with Gasteiger partial charge in [-0.3, -0.25) is 29.5 Å². The third kappa shape index (κ3) is 3.96. The topological polar surface area (TPSA) is 87.0 Å². The number of hydrogen-bond acceptors (Lipinski definition) is 6. The number of fused-ring (bicyclic) bond motifs is 1. The zero-order chi connectivity index (χ0) is 22.3. The van der Waals surface area contributed by atoms with E-state index in [0.717, 1.165) is 18.2 Å². The molecule has 0 unspecified atom stereocenters. The van der Waals surface area contributed by atoms with Gasteiger partial charge in [-0.25, -0.2) is 0 Å². The molecule has 0 N–H and O–H groups in total. The van der Waals surface area contributed by atoms with E-state index in [1.54, 1.807) is 6.07 Å². The first-order chi connectivity index (χ1) is 14.6. The van der Waals surface area contributed by atoms with Gasteiger partial charge < -0.3 is 4.90 Å². The number of amides is 1. The summed E-state index contributed by atoms with van der Waals surface area (Å²) in [6.07, 6.45) is -4.41. The number of piperazine rings is 1. The number of carbonyl (C=O) groups excluding carboxylic acids is 2. The van der Waals surface area contributed by atoms with Gasteiger partial charge in [-0.05, 0) is 24.3 Å². The average Bonchev–Trinajstić information content (AvgIpc) is 2.98. The van der Waals surface area contributed by atoms with Crippen LogP contribution in [0, 0.1) is 10.1 Å². The van der Waals surface area contributed by atoms with Crippen LogP contribution in [0.2, 0.25) is 0 Å². The molecule has 0 bridgehead atoms. The molecular weight excluding hydrogens is 417 g/mol. The Morgan fingerprint density at radius 2 is 1.71 bits per heavy atom. The molecule has 0 aromatic heterocycles. The molecule has 1 fully saturated rings. The van der Waals surface area contributed by atoms with Crippen LogP contribution in [0.1, 0.15) is 15.9 Å². The van der Waals surface area contributed by atoms with Crippen molar-refractivity contribution in [3.63, 3.8) is 0 Å². The molecule has 0 saturated carbocycles. The summed E-state index contributed by atoms with van der Waals surface area (Å²) in [5.41, 5.74) is -0.182. The highest BCUT2D eigenvalue weighted by Crippen LogP contribution is 2.33. The number of anilines is 2. The van der Waals surface area contributed by atoms with E-state index in [9.17, 15) is 32.9 Å². The molecule has 0 atom stereocenters. The molecule has 8 nitrogen and oxygen atoms in total. The van der Waals surface area contributed by atoms with Crippen molar-refractivity contribution >= 4 is 28.8 Å². The minimum absolute atomic E-state index is 0.00167. The molecule has 2 aliphatic rings. The van der Waals surface area contributed by atoms with E-state index in [1.807, 2.05) is 9.80 Å². The van der Waals surface area contributed by atoms with Gasteiger partial charge in [-0.15, -0.1) is 0 Å². The molecule has 0 spiro atoms. The Balaban J connectivity index is 1.44. The van der Waals surface area contributed by atoms with Crippen LogP contribution in [0.3, 0.4) is 0 Å². The maximum atomic E-state index is 13.0. The Bertz CT molecular complexity index is 1060. The van der Waals surface area contributed by atoms with E-state index in [1.165, 1.54) is 23.1 Å². The van der Waals surface area contributed by atoms with Crippen LogP contribution in [0.15, 0.2) is 42.5 Å². The Hall–Kier alpha value is -3.47. The van der Waals surface area contributed by atoms with Gasteiger partial charge in [0.25, 0.3) is 11.5 Å². The molecular formula is C20H17F3N4O4. The van der Waals surface area contributed by atoms with Gasteiger partial charge in [-0.1, -0.05) is 6.07 Å². The smallest absolute Gasteiger partial charge is 0.369 e. The minimum atomic E-state index is -4.41. The SMILES string of the molecule is O=C1C(=O)N(CN2CCN(c3cccc(C(F)(F)F)c3)CC2)c2ccc([N+](=O)[O-])cc21. The predicted octanol–water partition coefficient (Wildman–Crippen LogP) is 2.92. The number of hydrogen-bond donors (Lipinski definition) is 0. The van der Waals surface area contributed by atoms with Crippen molar-refractivity contribution in [3.8, 4) is 0 Å². The van der Waals surface area contributed by atoms with Crippen molar-refractivity contribution in [2.45, 2.75) is 6.18 Å². The number of rotatable bonds is 4. The quantitative estimate of drug-likeness (QED) is 0.418. The number of nitro benzene ring substituents is 1. The van der Waals surface area contributed by atoms with E-state index < -0.39 is 28.4 Å². The van der Waals surface area contributed by atoms with Crippen LogP contribution in [-0.4, -0.2) is 54.4 Å². The standard InChI is InChI=1S/C20H17F3N4O4/c21-20(22,23)13-2-1-3-14(10-13)25-8-6-24(7-9-25)12-26-17-5-4-15(27(30)31)11-16(17)18(28)19(26)29/h1-5,10-11H,6-9,12H2. The fraction of sp³-hybridized carbons (Fsp3) is 0.300. The van der Waals surface area contributed by atoms with Crippen molar-refractivity contribution in [3.05, 3.63) is 63.7 Å². The summed E-state index contributed by atoms with van der Waals surface area (Å²) in [6.45, 7) is 1.95. The van der Waals surface area contributed by atoms with Gasteiger partial charge in [0.1, 0.15) is 0 Å². The molecule has 31 heavy (non-hydrogen) atoms. The summed E-state index contributed by atoms with van der Waals surface area (Å²) in [4.78, 5) is 40.0. The predicted molar refractivity (Wildman–Crippen MR) is 105 cm³/mol. The highest BCUT2D eigenvalue weighted by atomic mass is 19.4.